The zero-order chi connectivity index (χ0) is 20.5. The number of hydrogen-bond acceptors (Lipinski definition) is 3. The van der Waals surface area contributed by atoms with Gasteiger partial charge in [0.1, 0.15) is 6.54 Å². The van der Waals surface area contributed by atoms with E-state index in [0.717, 1.165) is 43.1 Å². The Bertz CT molecular complexity index is 679. The molecule has 7 heteroatoms. The summed E-state index contributed by atoms with van der Waals surface area (Å²) >= 11 is 5.96. The summed E-state index contributed by atoms with van der Waals surface area (Å²) in [6.45, 7) is 9.63. The monoisotopic (exact) mass is 405 g/mol. The van der Waals surface area contributed by atoms with Crippen molar-refractivity contribution in [2.75, 3.05) is 40.3 Å². The van der Waals surface area contributed by atoms with Crippen molar-refractivity contribution >= 4 is 23.5 Å². The summed E-state index contributed by atoms with van der Waals surface area (Å²) in [5.41, 5.74) is 2.30. The van der Waals surface area contributed by atoms with E-state index in [0.29, 0.717) is 18.5 Å². The molecular formula is C21H32ClN5O. The molecule has 1 aromatic rings. The molecule has 0 aromatic heterocycles. The van der Waals surface area contributed by atoms with E-state index in [1.54, 1.807) is 19.0 Å². The number of amides is 1. The number of nitrogens with one attached hydrogen (secondary N) is 2. The van der Waals surface area contributed by atoms with Crippen molar-refractivity contribution in [2.45, 2.75) is 32.4 Å². The molecule has 2 rings (SSSR count). The molecular weight excluding hydrogens is 374 g/mol. The molecule has 1 saturated heterocycles. The van der Waals surface area contributed by atoms with E-state index in [2.05, 4.69) is 39.2 Å². The lowest BCUT2D eigenvalue weighted by Gasteiger charge is -2.33. The van der Waals surface area contributed by atoms with E-state index in [-0.39, 0.29) is 12.5 Å². The lowest BCUT2D eigenvalue weighted by molar-refractivity contribution is -0.127. The van der Waals surface area contributed by atoms with Crippen LogP contribution in [-0.4, -0.2) is 68.0 Å². The van der Waals surface area contributed by atoms with Crippen LogP contribution in [0.15, 0.2) is 41.4 Å². The summed E-state index contributed by atoms with van der Waals surface area (Å²) in [7, 11) is 3.48. The second-order valence-electron chi connectivity index (χ2n) is 7.58. The molecule has 0 aliphatic carbocycles. The van der Waals surface area contributed by atoms with Gasteiger partial charge in [0.05, 0.1) is 0 Å². The van der Waals surface area contributed by atoms with Crippen molar-refractivity contribution in [1.29, 1.82) is 0 Å². The van der Waals surface area contributed by atoms with Gasteiger partial charge in [0.15, 0.2) is 5.96 Å². The third-order valence-corrected chi connectivity index (χ3v) is 4.93. The van der Waals surface area contributed by atoms with E-state index in [1.807, 2.05) is 19.1 Å². The molecule has 2 N–H and O–H groups in total. The molecule has 0 bridgehead atoms. The molecule has 1 fully saturated rings. The first-order valence-corrected chi connectivity index (χ1v) is 10.1. The van der Waals surface area contributed by atoms with Gasteiger partial charge in [-0.15, -0.1) is 0 Å². The van der Waals surface area contributed by atoms with Gasteiger partial charge in [-0.2, -0.15) is 0 Å². The van der Waals surface area contributed by atoms with Gasteiger partial charge in [-0.05, 0) is 37.5 Å². The first-order valence-electron chi connectivity index (χ1n) is 9.69. The number of benzene rings is 1. The Morgan fingerprint density at radius 1 is 1.29 bits per heavy atom. The highest BCUT2D eigenvalue weighted by Crippen LogP contribution is 2.16. The Morgan fingerprint density at radius 3 is 2.50 bits per heavy atom. The summed E-state index contributed by atoms with van der Waals surface area (Å²) in [6, 6.07) is 8.39. The zero-order valence-electron chi connectivity index (χ0n) is 17.2. The number of halogens is 1. The van der Waals surface area contributed by atoms with Crippen LogP contribution in [0.25, 0.3) is 0 Å². The van der Waals surface area contributed by atoms with Gasteiger partial charge in [-0.25, -0.2) is 4.99 Å². The van der Waals surface area contributed by atoms with Crippen molar-refractivity contribution in [1.82, 2.24) is 20.4 Å². The maximum absolute atomic E-state index is 11.8. The molecule has 0 atom stereocenters. The highest BCUT2D eigenvalue weighted by molar-refractivity contribution is 6.30. The highest BCUT2D eigenvalue weighted by Gasteiger charge is 2.20. The number of nitrogens with zero attached hydrogens (tertiary/aromatic N) is 3. The summed E-state index contributed by atoms with van der Waals surface area (Å²) in [5.74, 6) is 0.656. The normalized spacial score (nSPS) is 15.9. The molecule has 154 valence electrons. The highest BCUT2D eigenvalue weighted by atomic mass is 35.5. The number of hydrogen-bond donors (Lipinski definition) is 2. The average molecular weight is 406 g/mol. The second-order valence-corrected chi connectivity index (χ2v) is 8.02. The third kappa shape index (κ3) is 7.90. The SMILES string of the molecule is C=C(C)CNC(=NCC(=O)N(C)C)NC1CCN(Cc2ccc(Cl)cc2)CC1. The van der Waals surface area contributed by atoms with E-state index < -0.39 is 0 Å². The quantitative estimate of drug-likeness (QED) is 0.415. The second kappa shape index (κ2) is 11.1. The third-order valence-electron chi connectivity index (χ3n) is 4.68. The smallest absolute Gasteiger partial charge is 0.243 e. The van der Waals surface area contributed by atoms with Gasteiger partial charge >= 0.3 is 0 Å². The molecule has 6 nitrogen and oxygen atoms in total. The topological polar surface area (TPSA) is 60.0 Å². The number of likely N-dealkylation sites (N-methyl/N-ethyl adjacent to an activating group) is 1. The van der Waals surface area contributed by atoms with E-state index in [9.17, 15) is 4.79 Å². The van der Waals surface area contributed by atoms with Gasteiger partial charge in [0.25, 0.3) is 0 Å². The Balaban J connectivity index is 1.85. The van der Waals surface area contributed by atoms with Gasteiger partial charge < -0.3 is 15.5 Å². The van der Waals surface area contributed by atoms with Crippen molar-refractivity contribution in [2.24, 2.45) is 4.99 Å². The Morgan fingerprint density at radius 2 is 1.93 bits per heavy atom. The van der Waals surface area contributed by atoms with E-state index in [1.165, 1.54) is 5.56 Å². The Kier molecular flexibility index (Phi) is 8.80. The van der Waals surface area contributed by atoms with Crippen LogP contribution >= 0.6 is 11.6 Å². The molecule has 0 radical (unpaired) electrons. The molecule has 1 heterocycles. The predicted molar refractivity (Wildman–Crippen MR) is 117 cm³/mol. The predicted octanol–water partition coefficient (Wildman–Crippen LogP) is 2.50. The molecule has 1 aliphatic heterocycles. The zero-order valence-corrected chi connectivity index (χ0v) is 17.9. The van der Waals surface area contributed by atoms with Crippen LogP contribution in [0, 0.1) is 0 Å². The number of piperidine rings is 1. The maximum atomic E-state index is 11.8. The first kappa shape index (κ1) is 22.2. The lowest BCUT2D eigenvalue weighted by atomic mass is 10.0. The molecule has 0 saturated carbocycles. The fraction of sp³-hybridized carbons (Fsp3) is 0.524. The Labute approximate surface area is 173 Å². The van der Waals surface area contributed by atoms with Crippen molar-refractivity contribution < 1.29 is 4.79 Å². The molecule has 0 unspecified atom stereocenters. The van der Waals surface area contributed by atoms with Crippen molar-refractivity contribution in [3.8, 4) is 0 Å². The summed E-state index contributed by atoms with van der Waals surface area (Å²) in [4.78, 5) is 20.3. The van der Waals surface area contributed by atoms with Crippen LogP contribution < -0.4 is 10.6 Å². The standard InChI is InChI=1S/C21H32ClN5O/c1-16(2)13-23-21(24-14-20(28)26(3)4)25-19-9-11-27(12-10-19)15-17-5-7-18(22)8-6-17/h5-8,19H,1,9-15H2,2-4H3,(H2,23,24,25). The number of rotatable bonds is 7. The van der Waals surface area contributed by atoms with Crippen LogP contribution in [0.5, 0.6) is 0 Å². The number of carbonyl (C=O) groups excluding carboxylic acids is 1. The Hall–Kier alpha value is -2.05. The summed E-state index contributed by atoms with van der Waals surface area (Å²) in [6.07, 6.45) is 2.06. The molecule has 28 heavy (non-hydrogen) atoms. The van der Waals surface area contributed by atoms with Crippen LogP contribution in [-0.2, 0) is 11.3 Å². The number of aliphatic imine (C=N–C) groups is 1. The van der Waals surface area contributed by atoms with Crippen molar-refractivity contribution in [3.63, 3.8) is 0 Å². The van der Waals surface area contributed by atoms with E-state index in [4.69, 9.17) is 11.6 Å². The number of guanidine groups is 1. The van der Waals surface area contributed by atoms with Gasteiger partial charge in [-0.3, -0.25) is 9.69 Å². The minimum atomic E-state index is -0.0193. The number of carbonyl (C=O) groups is 1. The lowest BCUT2D eigenvalue weighted by Crippen LogP contribution is -2.49. The fourth-order valence-electron chi connectivity index (χ4n) is 2.95. The van der Waals surface area contributed by atoms with Crippen molar-refractivity contribution in [3.05, 3.63) is 47.0 Å². The van der Waals surface area contributed by atoms with Crippen LogP contribution in [0.3, 0.4) is 0 Å². The fourth-order valence-corrected chi connectivity index (χ4v) is 3.08. The molecule has 1 aromatic carbocycles. The van der Waals surface area contributed by atoms with Crippen LogP contribution in [0.4, 0.5) is 0 Å². The molecule has 1 amide bonds. The van der Waals surface area contributed by atoms with Gasteiger partial charge in [-0.1, -0.05) is 35.9 Å². The maximum Gasteiger partial charge on any atom is 0.243 e. The molecule has 1 aliphatic rings. The largest absolute Gasteiger partial charge is 0.354 e. The number of likely N-dealkylation sites (tertiary alicyclic amines) is 1. The summed E-state index contributed by atoms with van der Waals surface area (Å²) < 4.78 is 0. The van der Waals surface area contributed by atoms with Gasteiger partial charge in [0, 0.05) is 51.3 Å². The van der Waals surface area contributed by atoms with Crippen LogP contribution in [0.1, 0.15) is 25.3 Å². The summed E-state index contributed by atoms with van der Waals surface area (Å²) in [5, 5.41) is 7.51. The minimum absolute atomic E-state index is 0.0193. The minimum Gasteiger partial charge on any atom is -0.354 e. The van der Waals surface area contributed by atoms with Gasteiger partial charge in [0.2, 0.25) is 5.91 Å². The first-order chi connectivity index (χ1) is 13.3. The average Bonchev–Trinajstić information content (AvgIpc) is 2.66. The molecule has 0 spiro atoms. The van der Waals surface area contributed by atoms with E-state index >= 15 is 0 Å². The van der Waals surface area contributed by atoms with Crippen LogP contribution in [0.2, 0.25) is 5.02 Å².